The lowest BCUT2D eigenvalue weighted by atomic mass is 10.2. The number of nitrogens with one attached hydrogen (secondary N) is 2. The summed E-state index contributed by atoms with van der Waals surface area (Å²) in [7, 11) is 4.84. The Hall–Kier alpha value is -3.48. The number of hydrogen-bond acceptors (Lipinski definition) is 7. The Balaban J connectivity index is 1.84. The van der Waals surface area contributed by atoms with Crippen molar-refractivity contribution in [1.82, 2.24) is 9.97 Å². The first-order chi connectivity index (χ1) is 12.7. The Morgan fingerprint density at radius 2 is 1.54 bits per heavy atom. The van der Waals surface area contributed by atoms with Crippen LogP contribution in [0.4, 0.5) is 23.1 Å². The highest BCUT2D eigenvalue weighted by molar-refractivity contribution is 5.67. The molecule has 7 nitrogen and oxygen atoms in total. The van der Waals surface area contributed by atoms with Gasteiger partial charge in [0.1, 0.15) is 23.1 Å². The van der Waals surface area contributed by atoms with Crippen LogP contribution in [0.2, 0.25) is 0 Å². The molecule has 0 aliphatic heterocycles. The van der Waals surface area contributed by atoms with E-state index < -0.39 is 0 Å². The average molecular weight is 352 g/mol. The monoisotopic (exact) mass is 352 g/mol. The number of para-hydroxylation sites is 2. The number of nitrogens with zero attached hydrogens (tertiary/aromatic N) is 2. The van der Waals surface area contributed by atoms with Gasteiger partial charge in [-0.3, -0.25) is 0 Å². The number of anilines is 4. The molecule has 1 aromatic heterocycles. The van der Waals surface area contributed by atoms with Gasteiger partial charge in [-0.05, 0) is 30.3 Å². The summed E-state index contributed by atoms with van der Waals surface area (Å²) in [5.41, 5.74) is 1.53. The summed E-state index contributed by atoms with van der Waals surface area (Å²) >= 11 is 0. The van der Waals surface area contributed by atoms with Crippen molar-refractivity contribution in [3.05, 3.63) is 54.7 Å². The number of methoxy groups -OCH3 is 3. The lowest BCUT2D eigenvalue weighted by Crippen LogP contribution is -2.02. The third-order valence-electron chi connectivity index (χ3n) is 3.68. The van der Waals surface area contributed by atoms with E-state index in [4.69, 9.17) is 14.2 Å². The second-order valence-electron chi connectivity index (χ2n) is 5.28. The molecule has 26 heavy (non-hydrogen) atoms. The highest BCUT2D eigenvalue weighted by Crippen LogP contribution is 2.31. The third-order valence-corrected chi connectivity index (χ3v) is 3.68. The fourth-order valence-corrected chi connectivity index (χ4v) is 2.41. The number of aromatic nitrogens is 2. The van der Waals surface area contributed by atoms with Crippen LogP contribution in [-0.4, -0.2) is 31.3 Å². The molecule has 0 saturated carbocycles. The summed E-state index contributed by atoms with van der Waals surface area (Å²) in [4.78, 5) is 8.74. The lowest BCUT2D eigenvalue weighted by Gasteiger charge is -2.13. The number of hydrogen-bond donors (Lipinski definition) is 2. The van der Waals surface area contributed by atoms with Gasteiger partial charge in [-0.2, -0.15) is 4.98 Å². The second kappa shape index (κ2) is 8.06. The van der Waals surface area contributed by atoms with E-state index in [0.29, 0.717) is 29.0 Å². The molecular formula is C19H20N4O3. The maximum atomic E-state index is 5.37. The van der Waals surface area contributed by atoms with Gasteiger partial charge in [-0.15, -0.1) is 0 Å². The van der Waals surface area contributed by atoms with Gasteiger partial charge in [0.05, 0.1) is 32.7 Å². The van der Waals surface area contributed by atoms with Crippen molar-refractivity contribution in [3.8, 4) is 17.2 Å². The molecule has 2 aromatic carbocycles. The fourth-order valence-electron chi connectivity index (χ4n) is 2.41. The minimum Gasteiger partial charge on any atom is -0.497 e. The molecule has 7 heteroatoms. The Morgan fingerprint density at radius 3 is 2.31 bits per heavy atom. The zero-order valence-electron chi connectivity index (χ0n) is 14.8. The minimum atomic E-state index is 0.427. The van der Waals surface area contributed by atoms with E-state index in [1.54, 1.807) is 33.6 Å². The molecule has 0 radical (unpaired) electrons. The van der Waals surface area contributed by atoms with E-state index in [-0.39, 0.29) is 0 Å². The molecule has 3 rings (SSSR count). The van der Waals surface area contributed by atoms with E-state index in [0.717, 1.165) is 11.4 Å². The van der Waals surface area contributed by atoms with Gasteiger partial charge in [-0.1, -0.05) is 12.1 Å². The van der Waals surface area contributed by atoms with Crippen LogP contribution in [0.3, 0.4) is 0 Å². The molecule has 0 saturated heterocycles. The van der Waals surface area contributed by atoms with E-state index >= 15 is 0 Å². The normalized spacial score (nSPS) is 10.1. The summed E-state index contributed by atoms with van der Waals surface area (Å²) in [6, 6.07) is 14.9. The zero-order chi connectivity index (χ0) is 18.4. The molecule has 0 atom stereocenters. The van der Waals surface area contributed by atoms with Gasteiger partial charge in [-0.25, -0.2) is 4.98 Å². The van der Waals surface area contributed by atoms with E-state index in [9.17, 15) is 0 Å². The summed E-state index contributed by atoms with van der Waals surface area (Å²) in [6.45, 7) is 0. The second-order valence-corrected chi connectivity index (χ2v) is 5.28. The van der Waals surface area contributed by atoms with Crippen LogP contribution in [0.1, 0.15) is 0 Å². The average Bonchev–Trinajstić information content (AvgIpc) is 2.68. The van der Waals surface area contributed by atoms with E-state index in [1.807, 2.05) is 42.5 Å². The standard InChI is InChI=1S/C19H20N4O3/c1-24-13-8-9-17(26-3)15(12-13)22-19-20-11-10-18(23-19)21-14-6-4-5-7-16(14)25-2/h4-12H,1-3H3,(H2,20,21,22,23). The highest BCUT2D eigenvalue weighted by Gasteiger charge is 2.08. The zero-order valence-corrected chi connectivity index (χ0v) is 14.8. The molecule has 0 fully saturated rings. The smallest absolute Gasteiger partial charge is 0.229 e. The fraction of sp³-hybridized carbons (Fsp3) is 0.158. The predicted molar refractivity (Wildman–Crippen MR) is 101 cm³/mol. The molecule has 0 amide bonds. The predicted octanol–water partition coefficient (Wildman–Crippen LogP) is 3.99. The van der Waals surface area contributed by atoms with Crippen molar-refractivity contribution in [2.45, 2.75) is 0 Å². The first kappa shape index (κ1) is 17.3. The molecule has 0 aliphatic rings. The Kier molecular flexibility index (Phi) is 5.38. The largest absolute Gasteiger partial charge is 0.497 e. The number of benzene rings is 2. The Bertz CT molecular complexity index is 886. The summed E-state index contributed by atoms with van der Waals surface area (Å²) in [5, 5.41) is 6.38. The number of ether oxygens (including phenoxy) is 3. The van der Waals surface area contributed by atoms with Crippen LogP contribution in [0.5, 0.6) is 17.2 Å². The van der Waals surface area contributed by atoms with Gasteiger partial charge < -0.3 is 24.8 Å². The summed E-state index contributed by atoms with van der Waals surface area (Å²) in [5.74, 6) is 3.16. The maximum Gasteiger partial charge on any atom is 0.229 e. The summed E-state index contributed by atoms with van der Waals surface area (Å²) < 4.78 is 16.0. The van der Waals surface area contributed by atoms with Gasteiger partial charge in [0.25, 0.3) is 0 Å². The van der Waals surface area contributed by atoms with E-state index in [2.05, 4.69) is 20.6 Å². The van der Waals surface area contributed by atoms with Crippen molar-refractivity contribution in [2.24, 2.45) is 0 Å². The molecule has 1 heterocycles. The molecule has 0 unspecified atom stereocenters. The first-order valence-corrected chi connectivity index (χ1v) is 7.95. The van der Waals surface area contributed by atoms with E-state index in [1.165, 1.54) is 0 Å². The van der Waals surface area contributed by atoms with Gasteiger partial charge >= 0.3 is 0 Å². The maximum absolute atomic E-state index is 5.37. The van der Waals surface area contributed by atoms with Gasteiger partial charge in [0.15, 0.2) is 0 Å². The molecular weight excluding hydrogens is 332 g/mol. The van der Waals surface area contributed by atoms with Crippen molar-refractivity contribution in [2.75, 3.05) is 32.0 Å². The Morgan fingerprint density at radius 1 is 0.769 bits per heavy atom. The number of rotatable bonds is 7. The summed E-state index contributed by atoms with van der Waals surface area (Å²) in [6.07, 6.45) is 1.67. The van der Waals surface area contributed by atoms with Crippen LogP contribution >= 0.6 is 0 Å². The van der Waals surface area contributed by atoms with Crippen molar-refractivity contribution < 1.29 is 14.2 Å². The first-order valence-electron chi connectivity index (χ1n) is 7.95. The quantitative estimate of drug-likeness (QED) is 0.666. The van der Waals surface area contributed by atoms with Crippen LogP contribution in [0.15, 0.2) is 54.7 Å². The molecule has 3 aromatic rings. The lowest BCUT2D eigenvalue weighted by molar-refractivity contribution is 0.405. The SMILES string of the molecule is COc1ccc(OC)c(Nc2nccc(Nc3ccccc3OC)n2)c1. The van der Waals surface area contributed by atoms with Crippen LogP contribution in [0.25, 0.3) is 0 Å². The Labute approximate surface area is 152 Å². The van der Waals surface area contributed by atoms with Gasteiger partial charge in [0, 0.05) is 12.3 Å². The highest BCUT2D eigenvalue weighted by atomic mass is 16.5. The van der Waals surface area contributed by atoms with Gasteiger partial charge in [0.2, 0.25) is 5.95 Å². The van der Waals surface area contributed by atoms with Crippen molar-refractivity contribution in [3.63, 3.8) is 0 Å². The third kappa shape index (κ3) is 3.94. The molecule has 134 valence electrons. The molecule has 0 aliphatic carbocycles. The minimum absolute atomic E-state index is 0.427. The van der Waals surface area contributed by atoms with Crippen LogP contribution < -0.4 is 24.8 Å². The van der Waals surface area contributed by atoms with Crippen LogP contribution in [0, 0.1) is 0 Å². The molecule has 0 bridgehead atoms. The topological polar surface area (TPSA) is 77.5 Å². The molecule has 0 spiro atoms. The van der Waals surface area contributed by atoms with Crippen molar-refractivity contribution >= 4 is 23.1 Å². The van der Waals surface area contributed by atoms with Crippen molar-refractivity contribution in [1.29, 1.82) is 0 Å². The molecule has 2 N–H and O–H groups in total. The van der Waals surface area contributed by atoms with Crippen LogP contribution in [-0.2, 0) is 0 Å².